The van der Waals surface area contributed by atoms with Crippen molar-refractivity contribution in [1.82, 2.24) is 5.01 Å². The van der Waals surface area contributed by atoms with Crippen LogP contribution in [0.25, 0.3) is 6.08 Å². The molecule has 0 saturated heterocycles. The Morgan fingerprint density at radius 3 is 2.37 bits per heavy atom. The molecule has 6 nitrogen and oxygen atoms in total. The van der Waals surface area contributed by atoms with Crippen molar-refractivity contribution in [3.63, 3.8) is 0 Å². The number of nitrogen functional groups attached to an aromatic ring is 1. The van der Waals surface area contributed by atoms with Crippen LogP contribution < -0.4 is 5.73 Å². The van der Waals surface area contributed by atoms with E-state index in [1.54, 1.807) is 24.3 Å². The van der Waals surface area contributed by atoms with Gasteiger partial charge in [0.15, 0.2) is 6.61 Å². The molecule has 1 fully saturated rings. The third kappa shape index (κ3) is 4.87. The number of amides is 1. The molecule has 2 N–H and O–H groups in total. The van der Waals surface area contributed by atoms with Crippen LogP contribution in [0.15, 0.2) is 95.6 Å². The minimum atomic E-state index is -0.566. The van der Waals surface area contributed by atoms with Crippen LogP contribution >= 0.6 is 0 Å². The normalized spacial score (nSPS) is 20.3. The molecule has 0 aromatic heterocycles. The molecule has 1 aliphatic heterocycles. The van der Waals surface area contributed by atoms with Crippen LogP contribution in [0.4, 0.5) is 5.69 Å². The van der Waals surface area contributed by atoms with E-state index in [0.29, 0.717) is 11.3 Å². The second kappa shape index (κ2) is 9.97. The highest BCUT2D eigenvalue weighted by Crippen LogP contribution is 2.44. The van der Waals surface area contributed by atoms with Gasteiger partial charge in [0.1, 0.15) is 0 Å². The Morgan fingerprint density at radius 1 is 0.971 bits per heavy atom. The first kappa shape index (κ1) is 22.6. The van der Waals surface area contributed by atoms with Gasteiger partial charge in [0.25, 0.3) is 5.91 Å². The number of nitrogens with two attached hydrogens (primary N) is 1. The topological polar surface area (TPSA) is 85.0 Å². The summed E-state index contributed by atoms with van der Waals surface area (Å²) in [5.41, 5.74) is 10.8. The van der Waals surface area contributed by atoms with Gasteiger partial charge < -0.3 is 10.5 Å². The number of hydrogen-bond acceptors (Lipinski definition) is 5. The second-order valence-electron chi connectivity index (χ2n) is 8.86. The molecule has 2 aliphatic rings. The maximum absolute atomic E-state index is 13.3. The lowest BCUT2D eigenvalue weighted by molar-refractivity contribution is -0.137. The van der Waals surface area contributed by atoms with E-state index in [1.807, 2.05) is 48.5 Å². The molecule has 2 atom stereocenters. The summed E-state index contributed by atoms with van der Waals surface area (Å²) in [6.45, 7) is -0.381. The Bertz CT molecular complexity index is 1270. The first-order valence-corrected chi connectivity index (χ1v) is 11.8. The molecule has 3 aromatic rings. The Morgan fingerprint density at radius 2 is 1.66 bits per heavy atom. The van der Waals surface area contributed by atoms with E-state index in [-0.39, 0.29) is 24.5 Å². The molecule has 35 heavy (non-hydrogen) atoms. The van der Waals surface area contributed by atoms with E-state index in [9.17, 15) is 9.59 Å². The van der Waals surface area contributed by atoms with Gasteiger partial charge in [-0.3, -0.25) is 4.79 Å². The third-order valence-corrected chi connectivity index (χ3v) is 6.51. The maximum atomic E-state index is 13.3. The monoisotopic (exact) mass is 465 g/mol. The van der Waals surface area contributed by atoms with E-state index in [2.05, 4.69) is 18.2 Å². The molecule has 1 amide bonds. The minimum absolute atomic E-state index is 0.0952. The molecule has 1 aliphatic carbocycles. The summed E-state index contributed by atoms with van der Waals surface area (Å²) < 4.78 is 5.35. The van der Waals surface area contributed by atoms with Crippen LogP contribution in [0.2, 0.25) is 0 Å². The molecule has 3 aromatic carbocycles. The molecule has 1 heterocycles. The van der Waals surface area contributed by atoms with Gasteiger partial charge in [-0.1, -0.05) is 60.7 Å². The number of rotatable bonds is 5. The summed E-state index contributed by atoms with van der Waals surface area (Å²) >= 11 is 0. The fraction of sp³-hybridized carbons (Fsp3) is 0.207. The molecular formula is C29H27N3O3. The van der Waals surface area contributed by atoms with Crippen molar-refractivity contribution in [3.05, 3.63) is 107 Å². The number of esters is 1. The lowest BCUT2D eigenvalue weighted by atomic mass is 9.77. The first-order chi connectivity index (χ1) is 17.1. The summed E-state index contributed by atoms with van der Waals surface area (Å²) in [5.74, 6) is -0.815. The summed E-state index contributed by atoms with van der Waals surface area (Å²) in [6.07, 6.45) is 5.06. The highest BCUT2D eigenvalue weighted by Gasteiger charge is 2.43. The van der Waals surface area contributed by atoms with Gasteiger partial charge in [-0.05, 0) is 66.3 Å². The van der Waals surface area contributed by atoms with Gasteiger partial charge in [0, 0.05) is 11.6 Å². The standard InChI is InChI=1S/C29H27N3O3/c30-24-16-14-22(15-17-24)29(34)35-19-26(33)32-28(21-10-5-2-6-11-21)25-13-7-12-23(27(25)31-32)18-20-8-3-1-4-9-20/h1-6,8-11,14-18,25,28H,7,12-13,19,30H2. The van der Waals surface area contributed by atoms with Crippen LogP contribution in [-0.2, 0) is 9.53 Å². The highest BCUT2D eigenvalue weighted by molar-refractivity contribution is 6.08. The van der Waals surface area contributed by atoms with Crippen molar-refractivity contribution in [2.45, 2.75) is 25.3 Å². The number of nitrogens with zero attached hydrogens (tertiary/aromatic N) is 2. The molecular weight excluding hydrogens is 438 g/mol. The number of benzene rings is 3. The number of hydrogen-bond donors (Lipinski definition) is 1. The van der Waals surface area contributed by atoms with Crippen LogP contribution in [0.1, 0.15) is 46.8 Å². The Kier molecular flexibility index (Phi) is 6.44. The molecule has 1 saturated carbocycles. The van der Waals surface area contributed by atoms with Crippen molar-refractivity contribution < 1.29 is 14.3 Å². The zero-order chi connectivity index (χ0) is 24.2. The van der Waals surface area contributed by atoms with Gasteiger partial charge in [0.05, 0.1) is 17.3 Å². The van der Waals surface area contributed by atoms with Crippen molar-refractivity contribution in [1.29, 1.82) is 0 Å². The fourth-order valence-electron chi connectivity index (χ4n) is 4.84. The molecule has 0 spiro atoms. The van der Waals surface area contributed by atoms with Gasteiger partial charge in [-0.2, -0.15) is 5.10 Å². The van der Waals surface area contributed by atoms with Crippen molar-refractivity contribution in [3.8, 4) is 0 Å². The second-order valence-corrected chi connectivity index (χ2v) is 8.86. The first-order valence-electron chi connectivity index (χ1n) is 11.8. The smallest absolute Gasteiger partial charge is 0.338 e. The van der Waals surface area contributed by atoms with Crippen molar-refractivity contribution in [2.24, 2.45) is 11.0 Å². The van der Waals surface area contributed by atoms with Crippen LogP contribution in [0.3, 0.4) is 0 Å². The molecule has 0 radical (unpaired) electrons. The summed E-state index contributed by atoms with van der Waals surface area (Å²) in [6, 6.07) is 26.3. The Balaban J connectivity index is 1.41. The zero-order valence-corrected chi connectivity index (χ0v) is 19.3. The quantitative estimate of drug-likeness (QED) is 0.412. The fourth-order valence-corrected chi connectivity index (χ4v) is 4.84. The third-order valence-electron chi connectivity index (χ3n) is 6.51. The van der Waals surface area contributed by atoms with Gasteiger partial charge in [0.2, 0.25) is 0 Å². The predicted octanol–water partition coefficient (Wildman–Crippen LogP) is 5.25. The van der Waals surface area contributed by atoms with E-state index in [1.165, 1.54) is 5.01 Å². The van der Waals surface area contributed by atoms with Crippen LogP contribution in [-0.4, -0.2) is 29.2 Å². The number of carbonyl (C=O) groups is 2. The molecule has 176 valence electrons. The van der Waals surface area contributed by atoms with E-state index in [0.717, 1.165) is 41.7 Å². The molecule has 5 rings (SSSR count). The SMILES string of the molecule is Nc1ccc(C(=O)OCC(=O)N2N=C3C(=Cc4ccccc4)CCCC3C2c2ccccc2)cc1. The number of anilines is 1. The largest absolute Gasteiger partial charge is 0.452 e. The van der Waals surface area contributed by atoms with E-state index >= 15 is 0 Å². The Hall–Kier alpha value is -4.19. The summed E-state index contributed by atoms with van der Waals surface area (Å²) in [5, 5.41) is 6.36. The van der Waals surface area contributed by atoms with Gasteiger partial charge in [-0.25, -0.2) is 9.80 Å². The van der Waals surface area contributed by atoms with Crippen LogP contribution in [0, 0.1) is 5.92 Å². The number of carbonyl (C=O) groups excluding carboxylic acids is 2. The molecule has 6 heteroatoms. The number of hydrazone groups is 1. The van der Waals surface area contributed by atoms with Gasteiger partial charge >= 0.3 is 5.97 Å². The predicted molar refractivity (Wildman–Crippen MR) is 136 cm³/mol. The Labute approximate surface area is 204 Å². The number of allylic oxidation sites excluding steroid dienone is 1. The van der Waals surface area contributed by atoms with Gasteiger partial charge in [-0.15, -0.1) is 0 Å². The lowest BCUT2D eigenvalue weighted by Gasteiger charge is -2.29. The van der Waals surface area contributed by atoms with E-state index in [4.69, 9.17) is 15.6 Å². The average Bonchev–Trinajstić information content (AvgIpc) is 3.29. The maximum Gasteiger partial charge on any atom is 0.338 e. The lowest BCUT2D eigenvalue weighted by Crippen LogP contribution is -2.34. The number of fused-ring (bicyclic) bond motifs is 1. The van der Waals surface area contributed by atoms with Crippen molar-refractivity contribution in [2.75, 3.05) is 12.3 Å². The molecule has 0 bridgehead atoms. The molecule has 2 unspecified atom stereocenters. The number of ether oxygens (including phenoxy) is 1. The van der Waals surface area contributed by atoms with Crippen molar-refractivity contribution >= 4 is 29.4 Å². The minimum Gasteiger partial charge on any atom is -0.452 e. The highest BCUT2D eigenvalue weighted by atomic mass is 16.5. The zero-order valence-electron chi connectivity index (χ0n) is 19.3. The summed E-state index contributed by atoms with van der Waals surface area (Å²) in [4.78, 5) is 25.8. The summed E-state index contributed by atoms with van der Waals surface area (Å²) in [7, 11) is 0. The van der Waals surface area contributed by atoms with E-state index < -0.39 is 5.97 Å². The average molecular weight is 466 g/mol. The van der Waals surface area contributed by atoms with Crippen LogP contribution in [0.5, 0.6) is 0 Å².